The third-order valence-corrected chi connectivity index (χ3v) is 5.77. The largest absolute Gasteiger partial charge is 0.357 e. The molecule has 0 aliphatic rings. The minimum atomic E-state index is -0.0652. The number of fused-ring (bicyclic) bond motifs is 1. The van der Waals surface area contributed by atoms with E-state index in [0.29, 0.717) is 18.7 Å². The Hall–Kier alpha value is -3.60. The minimum absolute atomic E-state index is 0.0652. The van der Waals surface area contributed by atoms with Crippen molar-refractivity contribution in [3.05, 3.63) is 101 Å². The summed E-state index contributed by atoms with van der Waals surface area (Å²) in [6, 6.07) is 25.0. The minimum Gasteiger partial charge on any atom is -0.357 e. The number of carbonyl (C=O) groups excluding carboxylic acids is 1. The van der Waals surface area contributed by atoms with Crippen molar-refractivity contribution in [2.24, 2.45) is 0 Å². The van der Waals surface area contributed by atoms with E-state index in [1.54, 1.807) is 0 Å². The lowest BCUT2D eigenvalue weighted by Crippen LogP contribution is -2.34. The van der Waals surface area contributed by atoms with Crippen LogP contribution in [0.15, 0.2) is 72.8 Å². The highest BCUT2D eigenvalue weighted by molar-refractivity contribution is 5.76. The predicted octanol–water partition coefficient (Wildman–Crippen LogP) is 4.12. The highest BCUT2D eigenvalue weighted by Gasteiger charge is 2.19. The summed E-state index contributed by atoms with van der Waals surface area (Å²) in [5.41, 5.74) is 7.25. The second-order valence-electron chi connectivity index (χ2n) is 8.12. The van der Waals surface area contributed by atoms with Crippen molar-refractivity contribution in [1.82, 2.24) is 14.5 Å². The second-order valence-corrected chi connectivity index (χ2v) is 8.12. The Morgan fingerprint density at radius 3 is 2.06 bits per heavy atom. The van der Waals surface area contributed by atoms with Crippen LogP contribution >= 0.6 is 0 Å². The molecule has 0 spiro atoms. The molecule has 5 heteroatoms. The summed E-state index contributed by atoms with van der Waals surface area (Å²) in [5.74, 6) is 0. The van der Waals surface area contributed by atoms with Gasteiger partial charge in [0.25, 0.3) is 0 Å². The van der Waals surface area contributed by atoms with Gasteiger partial charge in [0.2, 0.25) is 12.0 Å². The maximum Gasteiger partial charge on any atom is 0.207 e. The molecular weight excluding hydrogens is 384 g/mol. The zero-order valence-corrected chi connectivity index (χ0v) is 18.0. The van der Waals surface area contributed by atoms with Gasteiger partial charge in [-0.25, -0.2) is 0 Å². The predicted molar refractivity (Wildman–Crippen MR) is 124 cm³/mol. The molecule has 158 valence electrons. The van der Waals surface area contributed by atoms with Gasteiger partial charge in [-0.1, -0.05) is 71.8 Å². The van der Waals surface area contributed by atoms with Crippen molar-refractivity contribution in [2.45, 2.75) is 32.9 Å². The molecule has 31 heavy (non-hydrogen) atoms. The molecule has 0 saturated heterocycles. The van der Waals surface area contributed by atoms with Gasteiger partial charge in [-0.3, -0.25) is 10.2 Å². The highest BCUT2D eigenvalue weighted by atomic mass is 16.1. The van der Waals surface area contributed by atoms with Crippen LogP contribution in [-0.4, -0.2) is 22.1 Å². The Morgan fingerprint density at radius 1 is 0.871 bits per heavy atom. The lowest BCUT2D eigenvalue weighted by atomic mass is 10.0. The molecular formula is C26H28N4O. The summed E-state index contributed by atoms with van der Waals surface area (Å²) in [6.07, 6.45) is 1.47. The molecule has 0 saturated carbocycles. The first-order valence-corrected chi connectivity index (χ1v) is 10.6. The molecule has 0 bridgehead atoms. The monoisotopic (exact) mass is 412 g/mol. The topological polar surface area (TPSA) is 62.8 Å². The van der Waals surface area contributed by atoms with Gasteiger partial charge in [0.1, 0.15) is 0 Å². The van der Waals surface area contributed by atoms with Crippen molar-refractivity contribution < 1.29 is 4.79 Å². The highest BCUT2D eigenvalue weighted by Crippen LogP contribution is 2.21. The standard InChI is InChI=1S/C26H28N4O/c1-19-7-11-21(12-8-19)15-23(16-28-18-31)30-25-6-4-3-5-24(25)29(26(30)27)17-22-13-9-20(2)10-14-22/h3-14,18,23,27H,15-17H2,1-2H3,(H,28,31). The number of amides is 1. The number of hydrogen-bond acceptors (Lipinski definition) is 2. The first-order chi connectivity index (χ1) is 15.1. The third kappa shape index (κ3) is 4.45. The average molecular weight is 413 g/mol. The van der Waals surface area contributed by atoms with Gasteiger partial charge in [-0.15, -0.1) is 0 Å². The summed E-state index contributed by atoms with van der Waals surface area (Å²) < 4.78 is 4.10. The number of rotatable bonds is 8. The van der Waals surface area contributed by atoms with Crippen LogP contribution in [0.5, 0.6) is 0 Å². The SMILES string of the molecule is Cc1ccc(CC(CNC=O)n2c(=N)n(Cc3ccc(C)cc3)c3ccccc32)cc1. The summed E-state index contributed by atoms with van der Waals surface area (Å²) in [5, 5.41) is 11.9. The van der Waals surface area contributed by atoms with Gasteiger partial charge in [0, 0.05) is 6.54 Å². The van der Waals surface area contributed by atoms with Gasteiger partial charge in [0.15, 0.2) is 0 Å². The van der Waals surface area contributed by atoms with E-state index in [1.165, 1.54) is 16.7 Å². The van der Waals surface area contributed by atoms with Gasteiger partial charge >= 0.3 is 0 Å². The van der Waals surface area contributed by atoms with Crippen LogP contribution in [0.4, 0.5) is 0 Å². The molecule has 0 aliphatic carbocycles. The van der Waals surface area contributed by atoms with Crippen LogP contribution in [-0.2, 0) is 17.8 Å². The first-order valence-electron chi connectivity index (χ1n) is 10.6. The Labute approximate surface area is 182 Å². The van der Waals surface area contributed by atoms with Crippen LogP contribution < -0.4 is 10.9 Å². The molecule has 1 aromatic heterocycles. The number of carbonyl (C=O) groups is 1. The molecule has 4 rings (SSSR count). The van der Waals surface area contributed by atoms with Crippen molar-refractivity contribution in [3.8, 4) is 0 Å². The molecule has 1 unspecified atom stereocenters. The van der Waals surface area contributed by atoms with Crippen molar-refractivity contribution in [2.75, 3.05) is 6.54 Å². The number of imidazole rings is 1. The zero-order chi connectivity index (χ0) is 21.8. The Kier molecular flexibility index (Phi) is 6.03. The van der Waals surface area contributed by atoms with Crippen LogP contribution in [0.3, 0.4) is 0 Å². The summed E-state index contributed by atoms with van der Waals surface area (Å²) in [7, 11) is 0. The lowest BCUT2D eigenvalue weighted by molar-refractivity contribution is -0.109. The third-order valence-electron chi connectivity index (χ3n) is 5.77. The van der Waals surface area contributed by atoms with E-state index in [4.69, 9.17) is 5.41 Å². The fourth-order valence-electron chi connectivity index (χ4n) is 4.10. The number of nitrogens with zero attached hydrogens (tertiary/aromatic N) is 2. The molecule has 4 aromatic rings. The molecule has 3 aromatic carbocycles. The number of benzene rings is 3. The molecule has 5 nitrogen and oxygen atoms in total. The summed E-state index contributed by atoms with van der Waals surface area (Å²) in [4.78, 5) is 11.1. The molecule has 2 N–H and O–H groups in total. The number of aryl methyl sites for hydroxylation is 2. The molecule has 1 heterocycles. The van der Waals surface area contributed by atoms with Crippen molar-refractivity contribution >= 4 is 17.4 Å². The van der Waals surface area contributed by atoms with Crippen molar-refractivity contribution in [3.63, 3.8) is 0 Å². The van der Waals surface area contributed by atoms with Crippen molar-refractivity contribution in [1.29, 1.82) is 5.41 Å². The zero-order valence-electron chi connectivity index (χ0n) is 18.0. The maximum absolute atomic E-state index is 11.1. The van der Waals surface area contributed by atoms with E-state index in [-0.39, 0.29) is 6.04 Å². The summed E-state index contributed by atoms with van der Waals surface area (Å²) in [6.45, 7) is 5.25. The van der Waals surface area contributed by atoms with Crippen LogP contribution in [0, 0.1) is 19.3 Å². The molecule has 0 aliphatic heterocycles. The van der Waals surface area contributed by atoms with E-state index < -0.39 is 0 Å². The van der Waals surface area contributed by atoms with E-state index in [1.807, 2.05) is 16.7 Å². The second kappa shape index (κ2) is 9.04. The average Bonchev–Trinajstić information content (AvgIpc) is 3.05. The maximum atomic E-state index is 11.1. The molecule has 1 amide bonds. The van der Waals surface area contributed by atoms with E-state index in [9.17, 15) is 4.79 Å². The normalized spacial score (nSPS) is 12.1. The number of aromatic nitrogens is 2. The number of hydrogen-bond donors (Lipinski definition) is 2. The van der Waals surface area contributed by atoms with Crippen LogP contribution in [0.2, 0.25) is 0 Å². The summed E-state index contributed by atoms with van der Waals surface area (Å²) >= 11 is 0. The molecule has 1 atom stereocenters. The van der Waals surface area contributed by atoms with Gasteiger partial charge in [0.05, 0.1) is 23.6 Å². The fourth-order valence-corrected chi connectivity index (χ4v) is 4.10. The van der Waals surface area contributed by atoms with Crippen LogP contribution in [0.1, 0.15) is 28.3 Å². The van der Waals surface area contributed by atoms with E-state index in [0.717, 1.165) is 29.4 Å². The fraction of sp³-hybridized carbons (Fsp3) is 0.231. The number of para-hydroxylation sites is 2. The Balaban J connectivity index is 1.79. The van der Waals surface area contributed by atoms with E-state index >= 15 is 0 Å². The first kappa shape index (κ1) is 20.7. The van der Waals surface area contributed by atoms with E-state index in [2.05, 4.69) is 84.4 Å². The quantitative estimate of drug-likeness (QED) is 0.420. The molecule has 0 fully saturated rings. The Bertz CT molecular complexity index is 1230. The van der Waals surface area contributed by atoms with Gasteiger partial charge in [-0.05, 0) is 43.5 Å². The Morgan fingerprint density at radius 2 is 1.45 bits per heavy atom. The van der Waals surface area contributed by atoms with Gasteiger partial charge in [-0.2, -0.15) is 0 Å². The number of nitrogens with one attached hydrogen (secondary N) is 2. The lowest BCUT2D eigenvalue weighted by Gasteiger charge is -2.20. The van der Waals surface area contributed by atoms with Gasteiger partial charge < -0.3 is 14.5 Å². The smallest absolute Gasteiger partial charge is 0.207 e. The van der Waals surface area contributed by atoms with Crippen LogP contribution in [0.25, 0.3) is 11.0 Å². The molecule has 0 radical (unpaired) electrons.